The first-order chi connectivity index (χ1) is 13.3. The van der Waals surface area contributed by atoms with Gasteiger partial charge in [0.05, 0.1) is 24.7 Å². The molecule has 3 fully saturated rings. The lowest BCUT2D eigenvalue weighted by molar-refractivity contribution is -0.136. The van der Waals surface area contributed by atoms with E-state index in [1.165, 1.54) is 0 Å². The average Bonchev–Trinajstić information content (AvgIpc) is 3.12. The Morgan fingerprint density at radius 1 is 1.29 bits per heavy atom. The van der Waals surface area contributed by atoms with Crippen LogP contribution in [0.15, 0.2) is 0 Å². The predicted octanol–water partition coefficient (Wildman–Crippen LogP) is -1.05. The van der Waals surface area contributed by atoms with Crippen LogP contribution in [0.3, 0.4) is 0 Å². The molecule has 0 spiro atoms. The molecule has 3 aliphatic rings. The third-order valence-corrected chi connectivity index (χ3v) is 5.99. The molecule has 4 amide bonds. The normalized spacial score (nSPS) is 34.1. The van der Waals surface area contributed by atoms with Crippen LogP contribution >= 0.6 is 0 Å². The third kappa shape index (κ3) is 3.85. The first kappa shape index (κ1) is 20.6. The zero-order valence-electron chi connectivity index (χ0n) is 16.8. The van der Waals surface area contributed by atoms with Gasteiger partial charge in [0.1, 0.15) is 12.1 Å². The molecule has 3 aliphatic heterocycles. The summed E-state index contributed by atoms with van der Waals surface area (Å²) in [6.45, 7) is 6.31. The Labute approximate surface area is 165 Å². The Balaban J connectivity index is 1.96. The Morgan fingerprint density at radius 2 is 2.00 bits per heavy atom. The molecule has 28 heavy (non-hydrogen) atoms. The minimum Gasteiger partial charge on any atom is -0.368 e. The van der Waals surface area contributed by atoms with Gasteiger partial charge in [-0.2, -0.15) is 0 Å². The van der Waals surface area contributed by atoms with Crippen molar-refractivity contribution in [2.75, 3.05) is 13.1 Å². The van der Waals surface area contributed by atoms with Gasteiger partial charge in [-0.25, -0.2) is 0 Å². The van der Waals surface area contributed by atoms with Crippen molar-refractivity contribution >= 4 is 23.6 Å². The Bertz CT molecular complexity index is 667. The number of rotatable bonds is 4. The Morgan fingerprint density at radius 3 is 2.61 bits per heavy atom. The van der Waals surface area contributed by atoms with E-state index in [9.17, 15) is 19.2 Å². The zero-order chi connectivity index (χ0) is 20.6. The fourth-order valence-electron chi connectivity index (χ4n) is 4.75. The van der Waals surface area contributed by atoms with Crippen LogP contribution in [0.5, 0.6) is 0 Å². The van der Waals surface area contributed by atoms with Gasteiger partial charge in [-0.3, -0.25) is 24.1 Å². The van der Waals surface area contributed by atoms with Crippen molar-refractivity contribution in [1.82, 2.24) is 20.4 Å². The minimum absolute atomic E-state index is 0.110. The zero-order valence-corrected chi connectivity index (χ0v) is 16.8. The smallest absolute Gasteiger partial charge is 0.245 e. The fraction of sp³-hybridized carbons (Fsp3) is 0.789. The predicted molar refractivity (Wildman–Crippen MR) is 102 cm³/mol. The molecule has 0 radical (unpaired) electrons. The van der Waals surface area contributed by atoms with Crippen molar-refractivity contribution in [3.63, 3.8) is 0 Å². The van der Waals surface area contributed by atoms with E-state index >= 15 is 0 Å². The van der Waals surface area contributed by atoms with E-state index in [0.717, 1.165) is 6.42 Å². The summed E-state index contributed by atoms with van der Waals surface area (Å²) in [6.07, 6.45) is 2.55. The molecular weight excluding hydrogens is 362 g/mol. The van der Waals surface area contributed by atoms with Gasteiger partial charge in [-0.1, -0.05) is 20.8 Å². The van der Waals surface area contributed by atoms with Crippen LogP contribution in [0.4, 0.5) is 0 Å². The van der Waals surface area contributed by atoms with Gasteiger partial charge in [-0.15, -0.1) is 0 Å². The van der Waals surface area contributed by atoms with Crippen molar-refractivity contribution in [2.45, 2.75) is 76.7 Å². The number of amides is 4. The molecule has 5 unspecified atom stereocenters. The van der Waals surface area contributed by atoms with Crippen LogP contribution in [0.1, 0.15) is 46.5 Å². The highest BCUT2D eigenvalue weighted by Gasteiger charge is 2.59. The second-order valence-corrected chi connectivity index (χ2v) is 8.42. The van der Waals surface area contributed by atoms with E-state index in [-0.39, 0.29) is 42.3 Å². The molecule has 0 bridgehead atoms. The Hall–Kier alpha value is -2.16. The van der Waals surface area contributed by atoms with Gasteiger partial charge in [0.2, 0.25) is 23.6 Å². The SMILES string of the molecule is CCC1C2C(C(N)=O)N3CCCC3C(=O)NCC(=O)NC(CC(C)C)C(=O)N12. The second kappa shape index (κ2) is 8.06. The molecule has 3 saturated heterocycles. The molecule has 9 nitrogen and oxygen atoms in total. The molecule has 0 aliphatic carbocycles. The molecule has 0 aromatic carbocycles. The van der Waals surface area contributed by atoms with Crippen LogP contribution < -0.4 is 16.4 Å². The minimum atomic E-state index is -0.693. The number of nitrogens with two attached hydrogens (primary N) is 1. The lowest BCUT2D eigenvalue weighted by Crippen LogP contribution is -2.58. The van der Waals surface area contributed by atoms with E-state index < -0.39 is 24.0 Å². The lowest BCUT2D eigenvalue weighted by atomic mass is 10.0. The van der Waals surface area contributed by atoms with Crippen molar-refractivity contribution in [1.29, 1.82) is 0 Å². The highest BCUT2D eigenvalue weighted by atomic mass is 16.2. The second-order valence-electron chi connectivity index (χ2n) is 8.42. The summed E-state index contributed by atoms with van der Waals surface area (Å²) in [4.78, 5) is 54.1. The van der Waals surface area contributed by atoms with E-state index in [1.807, 2.05) is 25.7 Å². The first-order valence-electron chi connectivity index (χ1n) is 10.2. The standard InChI is InChI=1S/C19H31N5O4/c1-4-12-15-16(17(20)26)23-7-5-6-13(23)18(27)21-9-14(25)22-11(8-10(2)3)19(28)24(12)15/h10-13,15-16H,4-9H2,1-3H3,(H2,20,26)(H,21,27)(H,22,25). The summed E-state index contributed by atoms with van der Waals surface area (Å²) in [5.41, 5.74) is 5.75. The number of primary amides is 1. The number of nitrogens with one attached hydrogen (secondary N) is 2. The van der Waals surface area contributed by atoms with E-state index in [2.05, 4.69) is 10.6 Å². The summed E-state index contributed by atoms with van der Waals surface area (Å²) >= 11 is 0. The van der Waals surface area contributed by atoms with Gasteiger partial charge in [0.25, 0.3) is 0 Å². The molecule has 0 aromatic rings. The first-order valence-corrected chi connectivity index (χ1v) is 10.2. The quantitative estimate of drug-likeness (QED) is 0.526. The largest absolute Gasteiger partial charge is 0.368 e. The number of fused-ring (bicyclic) bond motifs is 2. The number of carbonyl (C=O) groups is 4. The molecule has 4 N–H and O–H groups in total. The maximum atomic E-state index is 13.2. The molecule has 0 aromatic heterocycles. The number of hydrogen-bond acceptors (Lipinski definition) is 5. The van der Waals surface area contributed by atoms with Crippen molar-refractivity contribution in [2.24, 2.45) is 11.7 Å². The monoisotopic (exact) mass is 393 g/mol. The van der Waals surface area contributed by atoms with Crippen molar-refractivity contribution in [3.8, 4) is 0 Å². The maximum Gasteiger partial charge on any atom is 0.245 e. The topological polar surface area (TPSA) is 125 Å². The van der Waals surface area contributed by atoms with Gasteiger partial charge in [0.15, 0.2) is 0 Å². The lowest BCUT2D eigenvalue weighted by Gasteiger charge is -2.31. The van der Waals surface area contributed by atoms with Gasteiger partial charge < -0.3 is 21.3 Å². The number of hydrogen-bond donors (Lipinski definition) is 3. The summed E-state index contributed by atoms with van der Waals surface area (Å²) in [5.74, 6) is -1.14. The van der Waals surface area contributed by atoms with Gasteiger partial charge in [0, 0.05) is 0 Å². The van der Waals surface area contributed by atoms with Gasteiger partial charge >= 0.3 is 0 Å². The molecule has 5 atom stereocenters. The summed E-state index contributed by atoms with van der Waals surface area (Å²) < 4.78 is 0. The average molecular weight is 393 g/mol. The molecule has 156 valence electrons. The third-order valence-electron chi connectivity index (χ3n) is 5.99. The van der Waals surface area contributed by atoms with E-state index in [0.29, 0.717) is 25.8 Å². The summed E-state index contributed by atoms with van der Waals surface area (Å²) in [5, 5.41) is 5.42. The van der Waals surface area contributed by atoms with Crippen molar-refractivity contribution < 1.29 is 19.2 Å². The Kier molecular flexibility index (Phi) is 5.92. The van der Waals surface area contributed by atoms with Crippen LogP contribution in [-0.4, -0.2) is 76.7 Å². The molecule has 3 heterocycles. The highest BCUT2D eigenvalue weighted by Crippen LogP contribution is 2.39. The fourth-order valence-corrected chi connectivity index (χ4v) is 4.75. The molecular formula is C19H31N5O4. The maximum absolute atomic E-state index is 13.2. The van der Waals surface area contributed by atoms with Crippen LogP contribution in [-0.2, 0) is 19.2 Å². The van der Waals surface area contributed by atoms with Gasteiger partial charge in [-0.05, 0) is 38.1 Å². The molecule has 0 saturated carbocycles. The number of nitrogens with zero attached hydrogens (tertiary/aromatic N) is 2. The summed E-state index contributed by atoms with van der Waals surface area (Å²) in [6, 6.07) is -2.34. The van der Waals surface area contributed by atoms with E-state index in [1.54, 1.807) is 4.90 Å². The van der Waals surface area contributed by atoms with E-state index in [4.69, 9.17) is 5.73 Å². The van der Waals surface area contributed by atoms with Crippen LogP contribution in [0, 0.1) is 5.92 Å². The summed E-state index contributed by atoms with van der Waals surface area (Å²) in [7, 11) is 0. The molecule has 9 heteroatoms. The molecule has 3 rings (SSSR count). The highest BCUT2D eigenvalue weighted by molar-refractivity contribution is 5.94. The van der Waals surface area contributed by atoms with Crippen LogP contribution in [0.25, 0.3) is 0 Å². The van der Waals surface area contributed by atoms with Crippen molar-refractivity contribution in [3.05, 3.63) is 0 Å². The number of carbonyl (C=O) groups excluding carboxylic acids is 4. The van der Waals surface area contributed by atoms with Crippen LogP contribution in [0.2, 0.25) is 0 Å².